The third-order valence-corrected chi connectivity index (χ3v) is 4.94. The number of guanidine groups is 1. The molecule has 0 saturated carbocycles. The lowest BCUT2D eigenvalue weighted by Crippen LogP contribution is -2.39. The van der Waals surface area contributed by atoms with Gasteiger partial charge in [-0.2, -0.15) is 16.4 Å². The minimum absolute atomic E-state index is 0. The minimum Gasteiger partial charge on any atom is -0.356 e. The fourth-order valence-electron chi connectivity index (χ4n) is 2.63. The zero-order chi connectivity index (χ0) is 16.8. The summed E-state index contributed by atoms with van der Waals surface area (Å²) in [5.74, 6) is 1.33. The Balaban J connectivity index is 0.00000288. The van der Waals surface area contributed by atoms with E-state index in [1.165, 1.54) is 16.8 Å². The Hall–Kier alpha value is -1.09. The number of rotatable bonds is 6. The number of nitrogens with zero attached hydrogens (tertiary/aromatic N) is 3. The summed E-state index contributed by atoms with van der Waals surface area (Å²) in [6.45, 7) is 8.13. The van der Waals surface area contributed by atoms with Crippen molar-refractivity contribution in [3.63, 3.8) is 0 Å². The van der Waals surface area contributed by atoms with Crippen LogP contribution < -0.4 is 10.6 Å². The van der Waals surface area contributed by atoms with E-state index in [9.17, 15) is 0 Å². The van der Waals surface area contributed by atoms with Crippen molar-refractivity contribution in [2.45, 2.75) is 33.1 Å². The van der Waals surface area contributed by atoms with Crippen LogP contribution in [0.5, 0.6) is 0 Å². The summed E-state index contributed by atoms with van der Waals surface area (Å²) in [7, 11) is 3.80. The summed E-state index contributed by atoms with van der Waals surface area (Å²) in [5.41, 5.74) is 5.04. The first-order chi connectivity index (χ1) is 11.0. The molecule has 0 bridgehead atoms. The van der Waals surface area contributed by atoms with Gasteiger partial charge in [0.25, 0.3) is 0 Å². The van der Waals surface area contributed by atoms with Crippen LogP contribution in [0, 0.1) is 13.8 Å². The molecule has 1 unspecified atom stereocenters. The Morgan fingerprint density at radius 2 is 2.12 bits per heavy atom. The lowest BCUT2D eigenvalue weighted by atomic mass is 10.1. The molecule has 134 valence electrons. The average Bonchev–Trinajstić information content (AvgIpc) is 3.14. The maximum absolute atomic E-state index is 4.46. The molecule has 0 aliphatic carbocycles. The van der Waals surface area contributed by atoms with E-state index in [0.29, 0.717) is 5.92 Å². The van der Waals surface area contributed by atoms with Crippen LogP contribution in [0.2, 0.25) is 0 Å². The zero-order valence-electron chi connectivity index (χ0n) is 15.1. The highest BCUT2D eigenvalue weighted by Crippen LogP contribution is 2.17. The number of halogens is 1. The van der Waals surface area contributed by atoms with Gasteiger partial charge in [-0.05, 0) is 54.1 Å². The van der Waals surface area contributed by atoms with E-state index in [0.717, 1.165) is 31.2 Å². The van der Waals surface area contributed by atoms with E-state index >= 15 is 0 Å². The van der Waals surface area contributed by atoms with Gasteiger partial charge < -0.3 is 10.6 Å². The van der Waals surface area contributed by atoms with Gasteiger partial charge in [-0.25, -0.2) is 0 Å². The minimum atomic E-state index is 0. The van der Waals surface area contributed by atoms with Gasteiger partial charge in [0.05, 0.1) is 5.69 Å². The molecular formula is C17H28IN5S. The molecule has 0 spiro atoms. The lowest BCUT2D eigenvalue weighted by molar-refractivity contribution is 0.698. The Kier molecular flexibility index (Phi) is 8.75. The Bertz CT molecular complexity index is 648. The molecule has 0 radical (unpaired) electrons. The highest BCUT2D eigenvalue weighted by molar-refractivity contribution is 14.0. The van der Waals surface area contributed by atoms with E-state index in [1.807, 2.05) is 18.8 Å². The van der Waals surface area contributed by atoms with Crippen molar-refractivity contribution in [1.29, 1.82) is 0 Å². The first kappa shape index (κ1) is 21.0. The molecule has 24 heavy (non-hydrogen) atoms. The second kappa shape index (κ2) is 10.0. The number of aromatic nitrogens is 2. The monoisotopic (exact) mass is 461 g/mol. The fraction of sp³-hybridized carbons (Fsp3) is 0.529. The van der Waals surface area contributed by atoms with Gasteiger partial charge in [-0.15, -0.1) is 24.0 Å². The number of nitrogens with one attached hydrogen (secondary N) is 2. The van der Waals surface area contributed by atoms with Gasteiger partial charge in [-0.3, -0.25) is 9.67 Å². The van der Waals surface area contributed by atoms with E-state index in [1.54, 1.807) is 11.3 Å². The van der Waals surface area contributed by atoms with E-state index < -0.39 is 0 Å². The van der Waals surface area contributed by atoms with Crippen molar-refractivity contribution in [2.75, 3.05) is 20.1 Å². The highest BCUT2D eigenvalue weighted by Gasteiger charge is 2.10. The normalized spacial score (nSPS) is 12.6. The topological polar surface area (TPSA) is 54.2 Å². The third-order valence-electron chi connectivity index (χ3n) is 4.24. The van der Waals surface area contributed by atoms with Gasteiger partial charge in [0, 0.05) is 32.9 Å². The van der Waals surface area contributed by atoms with Crippen LogP contribution in [0.1, 0.15) is 35.4 Å². The van der Waals surface area contributed by atoms with Crippen LogP contribution in [-0.4, -0.2) is 35.9 Å². The maximum atomic E-state index is 4.46. The van der Waals surface area contributed by atoms with Crippen LogP contribution in [-0.2, 0) is 13.5 Å². The van der Waals surface area contributed by atoms with E-state index in [4.69, 9.17) is 0 Å². The molecule has 0 aromatic carbocycles. The fourth-order valence-corrected chi connectivity index (χ4v) is 3.41. The van der Waals surface area contributed by atoms with Gasteiger partial charge in [-0.1, -0.05) is 6.92 Å². The molecule has 0 amide bonds. The predicted octanol–water partition coefficient (Wildman–Crippen LogP) is 3.23. The van der Waals surface area contributed by atoms with Gasteiger partial charge in [0.1, 0.15) is 0 Å². The molecule has 2 heterocycles. The smallest absolute Gasteiger partial charge is 0.191 e. The van der Waals surface area contributed by atoms with Crippen molar-refractivity contribution in [3.05, 3.63) is 39.3 Å². The second-order valence-corrected chi connectivity index (χ2v) is 6.64. The number of aliphatic imine (C=N–C) groups is 1. The lowest BCUT2D eigenvalue weighted by Gasteiger charge is -2.15. The van der Waals surface area contributed by atoms with Crippen molar-refractivity contribution < 1.29 is 0 Å². The molecule has 0 aliphatic heterocycles. The van der Waals surface area contributed by atoms with Crippen molar-refractivity contribution in [2.24, 2.45) is 12.0 Å². The zero-order valence-corrected chi connectivity index (χ0v) is 18.2. The van der Waals surface area contributed by atoms with Crippen LogP contribution in [0.4, 0.5) is 0 Å². The summed E-state index contributed by atoms with van der Waals surface area (Å²) in [6, 6.07) is 2.18. The summed E-state index contributed by atoms with van der Waals surface area (Å²) in [6.07, 6.45) is 0.951. The molecule has 7 heteroatoms. The Labute approximate surface area is 166 Å². The van der Waals surface area contributed by atoms with Crippen LogP contribution in [0.15, 0.2) is 21.8 Å². The van der Waals surface area contributed by atoms with Crippen LogP contribution in [0.3, 0.4) is 0 Å². The number of hydrogen-bond donors (Lipinski definition) is 2. The average molecular weight is 461 g/mol. The van der Waals surface area contributed by atoms with Gasteiger partial charge >= 0.3 is 0 Å². The maximum Gasteiger partial charge on any atom is 0.191 e. The number of thiophene rings is 1. The van der Waals surface area contributed by atoms with Crippen molar-refractivity contribution >= 4 is 41.3 Å². The third kappa shape index (κ3) is 5.47. The molecule has 2 aromatic heterocycles. The first-order valence-electron chi connectivity index (χ1n) is 7.98. The highest BCUT2D eigenvalue weighted by atomic mass is 127. The van der Waals surface area contributed by atoms with Crippen LogP contribution in [0.25, 0.3) is 0 Å². The van der Waals surface area contributed by atoms with Crippen molar-refractivity contribution in [3.8, 4) is 0 Å². The summed E-state index contributed by atoms with van der Waals surface area (Å²) in [5, 5.41) is 15.6. The molecule has 0 aliphatic rings. The molecule has 5 nitrogen and oxygen atoms in total. The molecule has 0 saturated heterocycles. The molecule has 2 rings (SSSR count). The number of hydrogen-bond acceptors (Lipinski definition) is 3. The van der Waals surface area contributed by atoms with E-state index in [-0.39, 0.29) is 24.0 Å². The van der Waals surface area contributed by atoms with Gasteiger partial charge in [0.2, 0.25) is 0 Å². The standard InChI is InChI=1S/C17H27N5S.HI/c1-12(15-7-9-23-11-15)10-20-17(18-4)19-8-6-16-13(2)21-22(5)14(16)3;/h7,9,11-12H,6,8,10H2,1-5H3,(H2,18,19,20);1H. The molecule has 2 N–H and O–H groups in total. The molecule has 1 atom stereocenters. The second-order valence-electron chi connectivity index (χ2n) is 5.86. The quantitative estimate of drug-likeness (QED) is 0.395. The molecule has 2 aromatic rings. The Morgan fingerprint density at radius 3 is 2.67 bits per heavy atom. The van der Waals surface area contributed by atoms with Crippen LogP contribution >= 0.6 is 35.3 Å². The largest absolute Gasteiger partial charge is 0.356 e. The van der Waals surface area contributed by atoms with Crippen molar-refractivity contribution in [1.82, 2.24) is 20.4 Å². The van der Waals surface area contributed by atoms with Gasteiger partial charge in [0.15, 0.2) is 5.96 Å². The summed E-state index contributed by atoms with van der Waals surface area (Å²) >= 11 is 1.74. The Morgan fingerprint density at radius 1 is 1.38 bits per heavy atom. The van der Waals surface area contributed by atoms with E-state index in [2.05, 4.69) is 58.3 Å². The SMILES string of the molecule is CN=C(NCCc1c(C)nn(C)c1C)NCC(C)c1ccsc1.I. The number of aryl methyl sites for hydroxylation is 2. The summed E-state index contributed by atoms with van der Waals surface area (Å²) in [4.78, 5) is 4.30. The molecule has 0 fully saturated rings. The molecular weight excluding hydrogens is 433 g/mol. The first-order valence-corrected chi connectivity index (χ1v) is 8.93. The summed E-state index contributed by atoms with van der Waals surface area (Å²) < 4.78 is 1.94. The predicted molar refractivity (Wildman–Crippen MR) is 114 cm³/mol.